The monoisotopic (exact) mass is 258 g/mol. The molecule has 0 fully saturated rings. The Morgan fingerprint density at radius 1 is 1.17 bits per heavy atom. The second-order valence-electron chi connectivity index (χ2n) is 7.25. The van der Waals surface area contributed by atoms with E-state index in [9.17, 15) is 4.79 Å². The Bertz CT molecular complexity index is 285. The second kappa shape index (κ2) is 5.57. The molecule has 1 unspecified atom stereocenters. The van der Waals surface area contributed by atoms with Crippen LogP contribution in [0.2, 0.25) is 0 Å². The average molecular weight is 258 g/mol. The zero-order valence-electron chi connectivity index (χ0n) is 12.9. The topological polar surface area (TPSA) is 75.3 Å². The highest BCUT2D eigenvalue weighted by molar-refractivity contribution is 5.83. The van der Waals surface area contributed by atoms with Gasteiger partial charge in [-0.3, -0.25) is 4.79 Å². The lowest BCUT2D eigenvalue weighted by Crippen LogP contribution is -2.58. The summed E-state index contributed by atoms with van der Waals surface area (Å²) in [7, 11) is 0. The number of aliphatic hydroxyl groups excluding tert-OH is 1. The summed E-state index contributed by atoms with van der Waals surface area (Å²) in [5, 5.41) is 12.1. The van der Waals surface area contributed by atoms with Gasteiger partial charge in [-0.1, -0.05) is 20.8 Å². The van der Waals surface area contributed by atoms with Gasteiger partial charge in [-0.25, -0.2) is 0 Å². The van der Waals surface area contributed by atoms with Gasteiger partial charge in [0.15, 0.2) is 0 Å². The minimum absolute atomic E-state index is 0.0587. The number of hydrogen-bond acceptors (Lipinski definition) is 3. The third-order valence-corrected chi connectivity index (χ3v) is 3.95. The van der Waals surface area contributed by atoms with Gasteiger partial charge in [-0.2, -0.15) is 0 Å². The number of aliphatic hydroxyl groups is 1. The zero-order valence-corrected chi connectivity index (χ0v) is 12.9. The van der Waals surface area contributed by atoms with Crippen LogP contribution in [0.1, 0.15) is 54.9 Å². The summed E-state index contributed by atoms with van der Waals surface area (Å²) in [5.74, 6) is -0.0663. The van der Waals surface area contributed by atoms with Gasteiger partial charge in [-0.05, 0) is 39.5 Å². The molecule has 0 aliphatic rings. The first-order valence-corrected chi connectivity index (χ1v) is 6.54. The number of nitrogens with one attached hydrogen (secondary N) is 1. The second-order valence-corrected chi connectivity index (χ2v) is 7.25. The maximum atomic E-state index is 12.4. The van der Waals surface area contributed by atoms with Gasteiger partial charge in [0.05, 0.1) is 5.41 Å². The molecule has 108 valence electrons. The predicted molar refractivity (Wildman–Crippen MR) is 75.1 cm³/mol. The van der Waals surface area contributed by atoms with Gasteiger partial charge >= 0.3 is 0 Å². The van der Waals surface area contributed by atoms with Crippen molar-refractivity contribution in [3.63, 3.8) is 0 Å². The zero-order chi connectivity index (χ0) is 14.8. The molecule has 0 aliphatic carbocycles. The molecule has 0 heterocycles. The van der Waals surface area contributed by atoms with Crippen molar-refractivity contribution in [2.75, 3.05) is 6.61 Å². The van der Waals surface area contributed by atoms with Crippen LogP contribution in [0.4, 0.5) is 0 Å². The van der Waals surface area contributed by atoms with Gasteiger partial charge in [0, 0.05) is 18.2 Å². The first-order chi connectivity index (χ1) is 7.84. The summed E-state index contributed by atoms with van der Waals surface area (Å²) < 4.78 is 0. The lowest BCUT2D eigenvalue weighted by atomic mass is 9.73. The van der Waals surface area contributed by atoms with Crippen LogP contribution >= 0.6 is 0 Å². The van der Waals surface area contributed by atoms with Crippen molar-refractivity contribution >= 4 is 5.91 Å². The fraction of sp³-hybridized carbons (Fsp3) is 0.929. The number of carbonyl (C=O) groups is 1. The quantitative estimate of drug-likeness (QED) is 0.702. The standard InChI is InChI=1S/C14H30N2O2/c1-12(2,3)10(8-9-17)16-11(18)13(4,5)14(6,7)15/h10,17H,8-9,15H2,1-7H3,(H,16,18). The van der Waals surface area contributed by atoms with Crippen LogP contribution in [0.3, 0.4) is 0 Å². The van der Waals surface area contributed by atoms with Crippen molar-refractivity contribution < 1.29 is 9.90 Å². The van der Waals surface area contributed by atoms with E-state index in [0.29, 0.717) is 6.42 Å². The first kappa shape index (κ1) is 17.4. The van der Waals surface area contributed by atoms with Gasteiger partial charge in [0.2, 0.25) is 5.91 Å². The molecule has 4 nitrogen and oxygen atoms in total. The summed E-state index contributed by atoms with van der Waals surface area (Å²) in [6.45, 7) is 13.6. The molecule has 0 saturated carbocycles. The molecule has 0 aromatic heterocycles. The Labute approximate surface area is 111 Å². The molecule has 0 aromatic carbocycles. The third kappa shape index (κ3) is 4.25. The molecule has 0 rings (SSSR count). The van der Waals surface area contributed by atoms with Gasteiger partial charge in [0.1, 0.15) is 0 Å². The smallest absolute Gasteiger partial charge is 0.227 e. The molecule has 0 aliphatic heterocycles. The highest BCUT2D eigenvalue weighted by Gasteiger charge is 2.42. The van der Waals surface area contributed by atoms with Gasteiger partial charge in [0.25, 0.3) is 0 Å². The van der Waals surface area contributed by atoms with Crippen LogP contribution in [0.5, 0.6) is 0 Å². The van der Waals surface area contributed by atoms with E-state index in [2.05, 4.69) is 5.32 Å². The van der Waals surface area contributed by atoms with E-state index in [1.807, 2.05) is 48.5 Å². The Morgan fingerprint density at radius 3 is 1.89 bits per heavy atom. The summed E-state index contributed by atoms with van der Waals surface area (Å²) in [4.78, 5) is 12.4. The molecule has 0 aromatic rings. The molecular weight excluding hydrogens is 228 g/mol. The molecule has 1 amide bonds. The molecule has 4 heteroatoms. The van der Waals surface area contributed by atoms with Crippen LogP contribution < -0.4 is 11.1 Å². The maximum Gasteiger partial charge on any atom is 0.227 e. The molecule has 0 radical (unpaired) electrons. The van der Waals surface area contributed by atoms with E-state index < -0.39 is 11.0 Å². The van der Waals surface area contributed by atoms with Crippen LogP contribution in [0.15, 0.2) is 0 Å². The number of hydrogen-bond donors (Lipinski definition) is 3. The molecule has 0 spiro atoms. The fourth-order valence-corrected chi connectivity index (χ4v) is 1.48. The Hall–Kier alpha value is -0.610. The van der Waals surface area contributed by atoms with Crippen molar-refractivity contribution in [3.05, 3.63) is 0 Å². The van der Waals surface area contributed by atoms with Crippen molar-refractivity contribution in [2.24, 2.45) is 16.6 Å². The average Bonchev–Trinajstić information content (AvgIpc) is 2.13. The first-order valence-electron chi connectivity index (χ1n) is 6.54. The Kier molecular flexibility index (Phi) is 5.39. The maximum absolute atomic E-state index is 12.4. The molecule has 18 heavy (non-hydrogen) atoms. The number of nitrogens with two attached hydrogens (primary N) is 1. The minimum atomic E-state index is -0.661. The van der Waals surface area contributed by atoms with Gasteiger partial charge < -0.3 is 16.2 Å². The normalized spacial score (nSPS) is 15.4. The van der Waals surface area contributed by atoms with Gasteiger partial charge in [-0.15, -0.1) is 0 Å². The van der Waals surface area contributed by atoms with Crippen molar-refractivity contribution in [2.45, 2.75) is 66.5 Å². The van der Waals surface area contributed by atoms with Crippen molar-refractivity contribution in [1.29, 1.82) is 0 Å². The Balaban J connectivity index is 4.92. The fourth-order valence-electron chi connectivity index (χ4n) is 1.48. The van der Waals surface area contributed by atoms with Crippen molar-refractivity contribution in [3.8, 4) is 0 Å². The van der Waals surface area contributed by atoms with E-state index in [1.165, 1.54) is 0 Å². The SMILES string of the molecule is CC(C)(C)C(CCO)NC(=O)C(C)(C)C(C)(C)N. The number of amides is 1. The van der Waals surface area contributed by atoms with E-state index in [4.69, 9.17) is 10.8 Å². The summed E-state index contributed by atoms with van der Waals surface area (Å²) in [6, 6.07) is -0.0587. The summed E-state index contributed by atoms with van der Waals surface area (Å²) in [6.07, 6.45) is 0.552. The van der Waals surface area contributed by atoms with E-state index in [0.717, 1.165) is 0 Å². The summed E-state index contributed by atoms with van der Waals surface area (Å²) in [5.41, 5.74) is 4.71. The largest absolute Gasteiger partial charge is 0.396 e. The summed E-state index contributed by atoms with van der Waals surface area (Å²) >= 11 is 0. The van der Waals surface area contributed by atoms with Crippen LogP contribution in [0.25, 0.3) is 0 Å². The molecule has 1 atom stereocenters. The lowest BCUT2D eigenvalue weighted by molar-refractivity contribution is -0.134. The van der Waals surface area contributed by atoms with E-state index in [1.54, 1.807) is 0 Å². The van der Waals surface area contributed by atoms with Crippen LogP contribution in [-0.2, 0) is 4.79 Å². The van der Waals surface area contributed by atoms with Crippen LogP contribution in [-0.4, -0.2) is 29.2 Å². The lowest BCUT2D eigenvalue weighted by Gasteiger charge is -2.40. The van der Waals surface area contributed by atoms with Crippen molar-refractivity contribution in [1.82, 2.24) is 5.32 Å². The molecule has 4 N–H and O–H groups in total. The minimum Gasteiger partial charge on any atom is -0.396 e. The van der Waals surface area contributed by atoms with E-state index in [-0.39, 0.29) is 24.0 Å². The predicted octanol–water partition coefficient (Wildman–Crippen LogP) is 1.66. The Morgan fingerprint density at radius 2 is 1.61 bits per heavy atom. The number of carbonyl (C=O) groups excluding carboxylic acids is 1. The third-order valence-electron chi connectivity index (χ3n) is 3.95. The molecule has 0 bridgehead atoms. The van der Waals surface area contributed by atoms with E-state index >= 15 is 0 Å². The highest BCUT2D eigenvalue weighted by Crippen LogP contribution is 2.30. The van der Waals surface area contributed by atoms with Crippen LogP contribution in [0, 0.1) is 10.8 Å². The number of rotatable bonds is 5. The highest BCUT2D eigenvalue weighted by atomic mass is 16.3. The molecule has 0 saturated heterocycles. The molecular formula is C14H30N2O2.